The molecular weight excluding hydrogens is 186 g/mol. The van der Waals surface area contributed by atoms with Crippen LogP contribution in [0.4, 0.5) is 11.4 Å². The van der Waals surface area contributed by atoms with E-state index < -0.39 is 0 Å². The number of hydrogen-bond donors (Lipinski definition) is 1. The van der Waals surface area contributed by atoms with Crippen LogP contribution in [0.1, 0.15) is 18.9 Å². The minimum absolute atomic E-state index is 0.529. The van der Waals surface area contributed by atoms with Gasteiger partial charge in [-0.25, -0.2) is 0 Å². The number of rotatable bonds is 4. The Hall–Kier alpha value is -1.69. The van der Waals surface area contributed by atoms with Crippen molar-refractivity contribution in [3.8, 4) is 6.07 Å². The summed E-state index contributed by atoms with van der Waals surface area (Å²) in [5, 5.41) is 8.57. The van der Waals surface area contributed by atoms with Gasteiger partial charge in [-0.3, -0.25) is 0 Å². The number of nitrogen functional groups attached to an aromatic ring is 1. The van der Waals surface area contributed by atoms with Crippen LogP contribution in [0.2, 0.25) is 0 Å². The summed E-state index contributed by atoms with van der Waals surface area (Å²) in [6.45, 7) is 5.67. The van der Waals surface area contributed by atoms with Crippen molar-refractivity contribution < 1.29 is 0 Å². The predicted molar refractivity (Wildman–Crippen MR) is 63.7 cm³/mol. The fourth-order valence-corrected chi connectivity index (χ4v) is 1.57. The molecule has 0 aliphatic heterocycles. The van der Waals surface area contributed by atoms with E-state index in [1.165, 1.54) is 0 Å². The quantitative estimate of drug-likeness (QED) is 0.764. The second kappa shape index (κ2) is 5.26. The number of aryl methyl sites for hydroxylation is 1. The van der Waals surface area contributed by atoms with Crippen molar-refractivity contribution >= 4 is 11.4 Å². The Balaban J connectivity index is 2.92. The number of benzene rings is 1. The molecule has 1 rings (SSSR count). The van der Waals surface area contributed by atoms with Gasteiger partial charge in [-0.1, -0.05) is 12.1 Å². The Morgan fingerprint density at radius 3 is 2.80 bits per heavy atom. The first kappa shape index (κ1) is 11.4. The van der Waals surface area contributed by atoms with Crippen LogP contribution in [0.15, 0.2) is 18.2 Å². The van der Waals surface area contributed by atoms with E-state index in [9.17, 15) is 0 Å². The van der Waals surface area contributed by atoms with Crippen molar-refractivity contribution in [1.29, 1.82) is 5.26 Å². The molecule has 0 atom stereocenters. The summed E-state index contributed by atoms with van der Waals surface area (Å²) in [6, 6.07) is 8.15. The smallest absolute Gasteiger partial charge is 0.0640 e. The lowest BCUT2D eigenvalue weighted by Gasteiger charge is -2.24. The molecule has 0 aliphatic carbocycles. The van der Waals surface area contributed by atoms with Gasteiger partial charge < -0.3 is 10.6 Å². The van der Waals surface area contributed by atoms with Gasteiger partial charge in [0.15, 0.2) is 0 Å². The zero-order chi connectivity index (χ0) is 11.3. The summed E-state index contributed by atoms with van der Waals surface area (Å²) in [5.41, 5.74) is 8.94. The molecule has 0 radical (unpaired) electrons. The molecule has 0 unspecified atom stereocenters. The van der Waals surface area contributed by atoms with E-state index in [0.717, 1.165) is 30.0 Å². The molecule has 1 aromatic rings. The highest BCUT2D eigenvalue weighted by Gasteiger charge is 2.08. The molecule has 2 N–H and O–H groups in total. The summed E-state index contributed by atoms with van der Waals surface area (Å²) in [6.07, 6.45) is 0.529. The Kier molecular flexibility index (Phi) is 3.99. The van der Waals surface area contributed by atoms with Gasteiger partial charge in [0.1, 0.15) is 0 Å². The third-order valence-electron chi connectivity index (χ3n) is 2.52. The van der Waals surface area contributed by atoms with E-state index in [0.29, 0.717) is 6.42 Å². The number of para-hydroxylation sites is 1. The molecule has 0 saturated heterocycles. The minimum atomic E-state index is 0.529. The number of anilines is 2. The molecule has 0 spiro atoms. The van der Waals surface area contributed by atoms with Crippen LogP contribution >= 0.6 is 0 Å². The zero-order valence-electron chi connectivity index (χ0n) is 9.33. The van der Waals surface area contributed by atoms with Crippen molar-refractivity contribution in [3.63, 3.8) is 0 Å². The average molecular weight is 203 g/mol. The van der Waals surface area contributed by atoms with E-state index in [1.807, 2.05) is 25.1 Å². The fraction of sp³-hybridized carbons (Fsp3) is 0.417. The van der Waals surface area contributed by atoms with Crippen LogP contribution in [0.5, 0.6) is 0 Å². The summed E-state index contributed by atoms with van der Waals surface area (Å²) >= 11 is 0. The van der Waals surface area contributed by atoms with E-state index in [4.69, 9.17) is 11.0 Å². The Morgan fingerprint density at radius 1 is 1.47 bits per heavy atom. The summed E-state index contributed by atoms with van der Waals surface area (Å²) in [7, 11) is 0. The Labute approximate surface area is 91.1 Å². The van der Waals surface area contributed by atoms with Gasteiger partial charge in [0.25, 0.3) is 0 Å². The molecule has 0 bridgehead atoms. The highest BCUT2D eigenvalue weighted by molar-refractivity contribution is 5.70. The first-order valence-electron chi connectivity index (χ1n) is 5.17. The molecule has 15 heavy (non-hydrogen) atoms. The predicted octanol–water partition coefficient (Wildman–Crippen LogP) is 2.32. The van der Waals surface area contributed by atoms with Crippen molar-refractivity contribution in [3.05, 3.63) is 23.8 Å². The zero-order valence-corrected chi connectivity index (χ0v) is 9.33. The van der Waals surface area contributed by atoms with Crippen LogP contribution in [0.25, 0.3) is 0 Å². The van der Waals surface area contributed by atoms with E-state index in [1.54, 1.807) is 0 Å². The minimum Gasteiger partial charge on any atom is -0.397 e. The fourth-order valence-electron chi connectivity index (χ4n) is 1.57. The second-order valence-electron chi connectivity index (χ2n) is 3.50. The van der Waals surface area contributed by atoms with Crippen LogP contribution in [-0.2, 0) is 0 Å². The molecule has 0 fully saturated rings. The van der Waals surface area contributed by atoms with Gasteiger partial charge in [-0.15, -0.1) is 0 Å². The summed E-state index contributed by atoms with van der Waals surface area (Å²) < 4.78 is 0. The van der Waals surface area contributed by atoms with Crippen molar-refractivity contribution in [2.45, 2.75) is 20.3 Å². The molecule has 0 aromatic heterocycles. The highest BCUT2D eigenvalue weighted by atomic mass is 15.1. The van der Waals surface area contributed by atoms with Crippen LogP contribution in [-0.4, -0.2) is 13.1 Å². The Morgan fingerprint density at radius 2 is 2.20 bits per heavy atom. The number of nitrogens with zero attached hydrogens (tertiary/aromatic N) is 2. The lowest BCUT2D eigenvalue weighted by molar-refractivity contribution is 0.828. The standard InChI is InChI=1S/C12H17N3/c1-3-15(9-5-8-13)11-7-4-6-10(2)12(11)14/h4,6-7H,3,5,9,14H2,1-2H3. The molecule has 0 aliphatic rings. The van der Waals surface area contributed by atoms with Crippen LogP contribution in [0, 0.1) is 18.3 Å². The summed E-state index contributed by atoms with van der Waals surface area (Å²) in [5.74, 6) is 0. The second-order valence-corrected chi connectivity index (χ2v) is 3.50. The molecule has 80 valence electrons. The van der Waals surface area contributed by atoms with Gasteiger partial charge in [0, 0.05) is 13.1 Å². The Bertz CT molecular complexity index is 366. The van der Waals surface area contributed by atoms with Gasteiger partial charge in [0.2, 0.25) is 0 Å². The van der Waals surface area contributed by atoms with Gasteiger partial charge >= 0.3 is 0 Å². The molecule has 0 amide bonds. The van der Waals surface area contributed by atoms with E-state index >= 15 is 0 Å². The van der Waals surface area contributed by atoms with Gasteiger partial charge in [-0.05, 0) is 25.5 Å². The maximum atomic E-state index is 8.57. The third kappa shape index (κ3) is 2.63. The largest absolute Gasteiger partial charge is 0.397 e. The third-order valence-corrected chi connectivity index (χ3v) is 2.52. The molecule has 0 saturated carbocycles. The maximum Gasteiger partial charge on any atom is 0.0640 e. The molecule has 0 heterocycles. The first-order chi connectivity index (χ1) is 7.20. The molecule has 3 heteroatoms. The van der Waals surface area contributed by atoms with Crippen LogP contribution < -0.4 is 10.6 Å². The monoisotopic (exact) mass is 203 g/mol. The van der Waals surface area contributed by atoms with Gasteiger partial charge in [0.05, 0.1) is 23.9 Å². The van der Waals surface area contributed by atoms with Gasteiger partial charge in [-0.2, -0.15) is 5.26 Å². The first-order valence-corrected chi connectivity index (χ1v) is 5.17. The van der Waals surface area contributed by atoms with Crippen molar-refractivity contribution in [2.24, 2.45) is 0 Å². The maximum absolute atomic E-state index is 8.57. The topological polar surface area (TPSA) is 53.0 Å². The number of nitrogens with two attached hydrogens (primary N) is 1. The SMILES string of the molecule is CCN(CCC#N)c1cccc(C)c1N. The van der Waals surface area contributed by atoms with Crippen molar-refractivity contribution in [2.75, 3.05) is 23.7 Å². The van der Waals surface area contributed by atoms with E-state index in [2.05, 4.69) is 17.9 Å². The number of nitriles is 1. The molecular formula is C12H17N3. The van der Waals surface area contributed by atoms with Crippen molar-refractivity contribution in [1.82, 2.24) is 0 Å². The average Bonchev–Trinajstić information content (AvgIpc) is 2.25. The molecule has 1 aromatic carbocycles. The lowest BCUT2D eigenvalue weighted by atomic mass is 10.1. The highest BCUT2D eigenvalue weighted by Crippen LogP contribution is 2.25. The number of hydrogen-bond acceptors (Lipinski definition) is 3. The lowest BCUT2D eigenvalue weighted by Crippen LogP contribution is -2.24. The normalized spacial score (nSPS) is 9.67. The van der Waals surface area contributed by atoms with Crippen LogP contribution in [0.3, 0.4) is 0 Å². The molecule has 3 nitrogen and oxygen atoms in total. The van der Waals surface area contributed by atoms with E-state index in [-0.39, 0.29) is 0 Å². The summed E-state index contributed by atoms with van der Waals surface area (Å²) in [4.78, 5) is 2.13.